The molecule has 174 valence electrons. The van der Waals surface area contributed by atoms with E-state index in [-0.39, 0.29) is 23.3 Å². The average molecular weight is 469 g/mol. The molecule has 4 N–H and O–H groups in total. The SMILES string of the molecule is COCCCNC(=O)c1c(NC(=O)c2cc(-c3cccc(C)c3O)n[nH]2)sc2c1CCCC2. The number of fused-ring (bicyclic) bond motifs is 1. The number of rotatable bonds is 8. The molecule has 0 aliphatic heterocycles. The normalized spacial score (nSPS) is 12.9. The highest BCUT2D eigenvalue weighted by Crippen LogP contribution is 2.38. The zero-order valence-electron chi connectivity index (χ0n) is 18.8. The van der Waals surface area contributed by atoms with E-state index in [4.69, 9.17) is 4.74 Å². The Morgan fingerprint density at radius 3 is 2.88 bits per heavy atom. The third-order valence-electron chi connectivity index (χ3n) is 5.77. The van der Waals surface area contributed by atoms with Gasteiger partial charge >= 0.3 is 0 Å². The molecule has 2 heterocycles. The maximum atomic E-state index is 13.0. The summed E-state index contributed by atoms with van der Waals surface area (Å²) in [4.78, 5) is 27.2. The second-order valence-corrected chi connectivity index (χ2v) is 9.21. The van der Waals surface area contributed by atoms with Gasteiger partial charge in [-0.1, -0.05) is 12.1 Å². The van der Waals surface area contributed by atoms with Crippen LogP contribution in [0.15, 0.2) is 24.3 Å². The Bertz CT molecular complexity index is 1170. The van der Waals surface area contributed by atoms with E-state index >= 15 is 0 Å². The Hall–Kier alpha value is -3.17. The van der Waals surface area contributed by atoms with Crippen LogP contribution in [0.4, 0.5) is 5.00 Å². The molecule has 0 fully saturated rings. The van der Waals surface area contributed by atoms with Crippen LogP contribution in [0.25, 0.3) is 11.3 Å². The van der Waals surface area contributed by atoms with Gasteiger partial charge in [0.1, 0.15) is 16.4 Å². The number of hydrogen-bond acceptors (Lipinski definition) is 6. The fourth-order valence-corrected chi connectivity index (χ4v) is 5.29. The van der Waals surface area contributed by atoms with Crippen LogP contribution in [0.5, 0.6) is 5.75 Å². The van der Waals surface area contributed by atoms with Crippen molar-refractivity contribution in [2.45, 2.75) is 39.0 Å². The van der Waals surface area contributed by atoms with Crippen molar-refractivity contribution in [3.63, 3.8) is 0 Å². The third-order valence-corrected chi connectivity index (χ3v) is 6.98. The van der Waals surface area contributed by atoms with Gasteiger partial charge in [0.05, 0.1) is 11.3 Å². The lowest BCUT2D eigenvalue weighted by atomic mass is 9.95. The number of nitrogens with one attached hydrogen (secondary N) is 3. The lowest BCUT2D eigenvalue weighted by Gasteiger charge is -2.13. The highest BCUT2D eigenvalue weighted by molar-refractivity contribution is 7.17. The van der Waals surface area contributed by atoms with Gasteiger partial charge in [-0.2, -0.15) is 5.10 Å². The van der Waals surface area contributed by atoms with Crippen LogP contribution in [0.2, 0.25) is 0 Å². The number of amides is 2. The molecule has 2 aromatic heterocycles. The van der Waals surface area contributed by atoms with Crippen LogP contribution in [0, 0.1) is 6.92 Å². The van der Waals surface area contributed by atoms with Crippen LogP contribution in [0.1, 0.15) is 56.1 Å². The van der Waals surface area contributed by atoms with Crippen molar-refractivity contribution >= 4 is 28.2 Å². The van der Waals surface area contributed by atoms with Crippen molar-refractivity contribution in [1.82, 2.24) is 15.5 Å². The number of thiophene rings is 1. The number of benzene rings is 1. The predicted molar refractivity (Wildman–Crippen MR) is 128 cm³/mol. The Labute approximate surface area is 196 Å². The highest BCUT2D eigenvalue weighted by Gasteiger charge is 2.27. The summed E-state index contributed by atoms with van der Waals surface area (Å²) in [6.07, 6.45) is 4.59. The zero-order chi connectivity index (χ0) is 23.4. The van der Waals surface area contributed by atoms with Crippen molar-refractivity contribution in [1.29, 1.82) is 0 Å². The van der Waals surface area contributed by atoms with E-state index in [0.717, 1.165) is 48.1 Å². The van der Waals surface area contributed by atoms with Crippen LogP contribution in [0.3, 0.4) is 0 Å². The number of ether oxygens (including phenoxy) is 1. The molecular weight excluding hydrogens is 440 g/mol. The van der Waals surface area contributed by atoms with E-state index < -0.39 is 0 Å². The van der Waals surface area contributed by atoms with Gasteiger partial charge in [-0.25, -0.2) is 0 Å². The minimum Gasteiger partial charge on any atom is -0.507 e. The number of nitrogens with zero attached hydrogens (tertiary/aromatic N) is 1. The van der Waals surface area contributed by atoms with Crippen molar-refractivity contribution < 1.29 is 19.4 Å². The van der Waals surface area contributed by atoms with Crippen LogP contribution in [-0.4, -0.2) is 47.4 Å². The predicted octanol–water partition coefficient (Wildman–Crippen LogP) is 4.05. The second-order valence-electron chi connectivity index (χ2n) is 8.11. The number of carbonyl (C=O) groups excluding carboxylic acids is 2. The molecule has 0 unspecified atom stereocenters. The molecule has 1 aliphatic rings. The number of H-pyrrole nitrogens is 1. The monoisotopic (exact) mass is 468 g/mol. The summed E-state index contributed by atoms with van der Waals surface area (Å²) in [6, 6.07) is 6.98. The quantitative estimate of drug-likeness (QED) is 0.372. The molecule has 0 spiro atoms. The van der Waals surface area contributed by atoms with Crippen LogP contribution < -0.4 is 10.6 Å². The van der Waals surface area contributed by atoms with Crippen LogP contribution in [-0.2, 0) is 17.6 Å². The Balaban J connectivity index is 1.56. The Morgan fingerprint density at radius 2 is 2.06 bits per heavy atom. The van der Waals surface area contributed by atoms with Gasteiger partial charge in [0, 0.05) is 30.7 Å². The molecule has 4 rings (SSSR count). The average Bonchev–Trinajstić information content (AvgIpc) is 3.43. The molecule has 0 saturated carbocycles. The number of aromatic nitrogens is 2. The second kappa shape index (κ2) is 10.2. The lowest BCUT2D eigenvalue weighted by molar-refractivity contribution is 0.0948. The Morgan fingerprint density at radius 1 is 1.24 bits per heavy atom. The topological polar surface area (TPSA) is 116 Å². The molecule has 33 heavy (non-hydrogen) atoms. The largest absolute Gasteiger partial charge is 0.507 e. The van der Waals surface area contributed by atoms with Crippen LogP contribution >= 0.6 is 11.3 Å². The number of phenolic OH excluding ortho intramolecular Hbond substituents is 1. The van der Waals surface area contributed by atoms with Gasteiger partial charge in [-0.3, -0.25) is 14.7 Å². The summed E-state index contributed by atoms with van der Waals surface area (Å²) >= 11 is 1.47. The summed E-state index contributed by atoms with van der Waals surface area (Å²) < 4.78 is 5.05. The fraction of sp³-hybridized carbons (Fsp3) is 0.375. The van der Waals surface area contributed by atoms with E-state index in [1.807, 2.05) is 6.07 Å². The minimum atomic E-state index is -0.382. The Kier molecular flexibility index (Phi) is 7.10. The molecule has 8 nitrogen and oxygen atoms in total. The van der Waals surface area contributed by atoms with E-state index in [9.17, 15) is 14.7 Å². The van der Waals surface area contributed by atoms with Crippen molar-refractivity contribution in [2.24, 2.45) is 0 Å². The number of carbonyl (C=O) groups is 2. The van der Waals surface area contributed by atoms with E-state index in [2.05, 4.69) is 20.8 Å². The first-order valence-corrected chi connectivity index (χ1v) is 11.9. The lowest BCUT2D eigenvalue weighted by Crippen LogP contribution is -2.27. The van der Waals surface area contributed by atoms with E-state index in [0.29, 0.717) is 35.0 Å². The van der Waals surface area contributed by atoms with Gasteiger partial charge in [0.25, 0.3) is 11.8 Å². The highest BCUT2D eigenvalue weighted by atomic mass is 32.1. The van der Waals surface area contributed by atoms with Gasteiger partial charge in [-0.15, -0.1) is 11.3 Å². The summed E-state index contributed by atoms with van der Waals surface area (Å²) in [7, 11) is 1.63. The van der Waals surface area contributed by atoms with E-state index in [1.54, 1.807) is 32.2 Å². The third kappa shape index (κ3) is 4.94. The molecule has 2 amide bonds. The van der Waals surface area contributed by atoms with Gasteiger partial charge in [0.15, 0.2) is 0 Å². The number of aryl methyl sites for hydroxylation is 2. The molecule has 9 heteroatoms. The number of hydrogen-bond donors (Lipinski definition) is 4. The molecule has 1 aliphatic carbocycles. The molecule has 1 aromatic carbocycles. The molecular formula is C24H28N4O4S. The summed E-state index contributed by atoms with van der Waals surface area (Å²) in [5.41, 5.74) is 3.61. The smallest absolute Gasteiger partial charge is 0.274 e. The van der Waals surface area contributed by atoms with Gasteiger partial charge in [0.2, 0.25) is 0 Å². The van der Waals surface area contributed by atoms with Crippen molar-refractivity contribution in [2.75, 3.05) is 25.6 Å². The number of methoxy groups -OCH3 is 1. The van der Waals surface area contributed by atoms with Gasteiger partial charge < -0.3 is 20.5 Å². The summed E-state index contributed by atoms with van der Waals surface area (Å²) in [5.74, 6) is -0.418. The number of anilines is 1. The van der Waals surface area contributed by atoms with Gasteiger partial charge in [-0.05, 0) is 62.3 Å². The summed E-state index contributed by atoms with van der Waals surface area (Å²) in [5, 5.41) is 23.7. The van der Waals surface area contributed by atoms with Crippen molar-refractivity contribution in [3.05, 3.63) is 51.5 Å². The van der Waals surface area contributed by atoms with E-state index in [1.165, 1.54) is 11.3 Å². The first-order valence-electron chi connectivity index (χ1n) is 11.1. The standard InChI is InChI=1S/C24H28N4O4S/c1-14-7-5-9-15(21(14)29)17-13-18(28-27-17)22(30)26-24-20(23(31)25-11-6-12-32-2)16-8-3-4-10-19(16)33-24/h5,7,9,13,29H,3-4,6,8,10-12H2,1-2H3,(H,25,31)(H,26,30)(H,27,28). The first kappa shape index (κ1) is 23.0. The molecule has 0 radical (unpaired) electrons. The zero-order valence-corrected chi connectivity index (χ0v) is 19.6. The number of aromatic hydroxyl groups is 1. The minimum absolute atomic E-state index is 0.134. The number of phenols is 1. The summed E-state index contributed by atoms with van der Waals surface area (Å²) in [6.45, 7) is 2.89. The maximum Gasteiger partial charge on any atom is 0.274 e. The number of para-hydroxylation sites is 1. The molecule has 0 bridgehead atoms. The molecule has 0 saturated heterocycles. The molecule has 0 atom stereocenters. The van der Waals surface area contributed by atoms with Crippen molar-refractivity contribution in [3.8, 4) is 17.0 Å². The maximum absolute atomic E-state index is 13.0. The fourth-order valence-electron chi connectivity index (χ4n) is 4.01. The first-order chi connectivity index (χ1) is 16.0. The molecule has 3 aromatic rings. The number of aromatic amines is 1.